The van der Waals surface area contributed by atoms with E-state index in [1.807, 2.05) is 30.3 Å². The maximum Gasteiger partial charge on any atom is 0.225 e. The number of allylic oxidation sites excluding steroid dienone is 2. The average Bonchev–Trinajstić information content (AvgIpc) is 2.72. The third-order valence-corrected chi connectivity index (χ3v) is 6.04. The summed E-state index contributed by atoms with van der Waals surface area (Å²) in [6.07, 6.45) is 1.13. The molecule has 0 saturated heterocycles. The smallest absolute Gasteiger partial charge is 0.225 e. The zero-order valence-corrected chi connectivity index (χ0v) is 17.1. The molecule has 5 nitrogen and oxygen atoms in total. The molecule has 0 radical (unpaired) electrons. The third kappa shape index (κ3) is 3.62. The first kappa shape index (κ1) is 19.5. The number of nitrogens with one attached hydrogen (secondary N) is 1. The number of hydrogen-bond acceptors (Lipinski definition) is 4. The van der Waals surface area contributed by atoms with E-state index in [1.54, 1.807) is 26.4 Å². The van der Waals surface area contributed by atoms with Crippen LogP contribution in [-0.2, 0) is 9.59 Å². The molecule has 1 aliphatic carbocycles. The lowest BCUT2D eigenvalue weighted by Crippen LogP contribution is -2.38. The minimum Gasteiger partial charge on any atom is -0.497 e. The van der Waals surface area contributed by atoms with Gasteiger partial charge < -0.3 is 14.8 Å². The van der Waals surface area contributed by atoms with Crippen LogP contribution in [0, 0.1) is 0 Å². The van der Waals surface area contributed by atoms with Crippen LogP contribution in [0.1, 0.15) is 42.2 Å². The lowest BCUT2D eigenvalue weighted by atomic mass is 9.73. The zero-order valence-electron chi connectivity index (χ0n) is 16.3. The second-order valence-corrected chi connectivity index (χ2v) is 7.76. The van der Waals surface area contributed by atoms with Gasteiger partial charge in [0, 0.05) is 40.6 Å². The van der Waals surface area contributed by atoms with Crippen LogP contribution in [0.4, 0.5) is 0 Å². The standard InChI is InChI=1S/C23H22ClNO4/c1-28-14-7-8-21(29-2)16(11-14)17-12-22(27)25-19-9-13(10-20(26)23(17)19)15-5-3-4-6-18(15)24/h3-8,11,13,17H,9-10,12H2,1-2H3,(H,25,27)/t13-,17+/m1/s1. The number of benzene rings is 2. The summed E-state index contributed by atoms with van der Waals surface area (Å²) < 4.78 is 10.9. The van der Waals surface area contributed by atoms with Crippen molar-refractivity contribution in [3.63, 3.8) is 0 Å². The summed E-state index contributed by atoms with van der Waals surface area (Å²) in [5, 5.41) is 3.58. The Balaban J connectivity index is 1.77. The zero-order chi connectivity index (χ0) is 20.5. The number of carbonyl (C=O) groups is 2. The van der Waals surface area contributed by atoms with E-state index in [0.29, 0.717) is 40.6 Å². The fourth-order valence-corrected chi connectivity index (χ4v) is 4.65. The van der Waals surface area contributed by atoms with Crippen molar-refractivity contribution in [3.8, 4) is 11.5 Å². The van der Waals surface area contributed by atoms with Gasteiger partial charge in [0.05, 0.1) is 14.2 Å². The van der Waals surface area contributed by atoms with Crippen LogP contribution in [0.2, 0.25) is 5.02 Å². The number of halogens is 1. The van der Waals surface area contributed by atoms with Crippen molar-refractivity contribution < 1.29 is 19.1 Å². The minimum absolute atomic E-state index is 0.0334. The number of hydrogen-bond donors (Lipinski definition) is 1. The largest absolute Gasteiger partial charge is 0.497 e. The Hall–Kier alpha value is -2.79. The highest BCUT2D eigenvalue weighted by atomic mass is 35.5. The van der Waals surface area contributed by atoms with Gasteiger partial charge in [0.15, 0.2) is 5.78 Å². The van der Waals surface area contributed by atoms with Crippen molar-refractivity contribution in [2.75, 3.05) is 14.2 Å². The van der Waals surface area contributed by atoms with E-state index in [9.17, 15) is 9.59 Å². The molecule has 2 atom stereocenters. The summed E-state index contributed by atoms with van der Waals surface area (Å²) in [5.74, 6) is 0.812. The number of rotatable bonds is 4. The van der Waals surface area contributed by atoms with Crippen molar-refractivity contribution >= 4 is 23.3 Å². The summed E-state index contributed by atoms with van der Waals surface area (Å²) >= 11 is 6.36. The van der Waals surface area contributed by atoms with Gasteiger partial charge in [-0.25, -0.2) is 0 Å². The van der Waals surface area contributed by atoms with Gasteiger partial charge in [-0.05, 0) is 42.2 Å². The Bertz CT molecular complexity index is 1010. The van der Waals surface area contributed by atoms with E-state index in [-0.39, 0.29) is 29.9 Å². The molecule has 0 fully saturated rings. The SMILES string of the molecule is COc1ccc(OC)c([C@@H]2CC(=O)NC3=C2C(=O)C[C@H](c2ccccc2Cl)C3)c1. The number of carbonyl (C=O) groups excluding carboxylic acids is 2. The predicted octanol–water partition coefficient (Wildman–Crippen LogP) is 4.36. The van der Waals surface area contributed by atoms with Crippen LogP contribution in [0.15, 0.2) is 53.7 Å². The second-order valence-electron chi connectivity index (χ2n) is 7.35. The van der Waals surface area contributed by atoms with Gasteiger partial charge in [0.1, 0.15) is 11.5 Å². The molecule has 1 heterocycles. The minimum atomic E-state index is -0.358. The summed E-state index contributed by atoms with van der Waals surface area (Å²) in [6.45, 7) is 0. The van der Waals surface area contributed by atoms with Gasteiger partial charge in [-0.2, -0.15) is 0 Å². The molecule has 29 heavy (non-hydrogen) atoms. The first-order valence-corrected chi connectivity index (χ1v) is 9.92. The van der Waals surface area contributed by atoms with Crippen molar-refractivity contribution in [1.29, 1.82) is 0 Å². The fraction of sp³-hybridized carbons (Fsp3) is 0.304. The fourth-order valence-electron chi connectivity index (χ4n) is 4.36. The van der Waals surface area contributed by atoms with Crippen molar-refractivity contribution in [1.82, 2.24) is 5.32 Å². The van der Waals surface area contributed by atoms with Crippen molar-refractivity contribution in [2.45, 2.75) is 31.1 Å². The molecule has 2 aromatic carbocycles. The van der Waals surface area contributed by atoms with Crippen LogP contribution in [0.3, 0.4) is 0 Å². The molecule has 0 bridgehead atoms. The van der Waals surface area contributed by atoms with Crippen LogP contribution in [-0.4, -0.2) is 25.9 Å². The van der Waals surface area contributed by atoms with E-state index < -0.39 is 0 Å². The van der Waals surface area contributed by atoms with Crippen LogP contribution < -0.4 is 14.8 Å². The van der Waals surface area contributed by atoms with Gasteiger partial charge >= 0.3 is 0 Å². The van der Waals surface area contributed by atoms with Crippen LogP contribution in [0.5, 0.6) is 11.5 Å². The topological polar surface area (TPSA) is 64.6 Å². The van der Waals surface area contributed by atoms with Gasteiger partial charge in [0.2, 0.25) is 5.91 Å². The van der Waals surface area contributed by atoms with Gasteiger partial charge in [0.25, 0.3) is 0 Å². The maximum atomic E-state index is 13.2. The normalized spacial score (nSPS) is 21.5. The number of ketones is 1. The molecule has 1 N–H and O–H groups in total. The molecule has 0 saturated carbocycles. The Morgan fingerprint density at radius 2 is 1.76 bits per heavy atom. The molecule has 1 amide bonds. The molecular weight excluding hydrogens is 390 g/mol. The molecule has 2 aliphatic rings. The molecule has 150 valence electrons. The number of methoxy groups -OCH3 is 2. The monoisotopic (exact) mass is 411 g/mol. The third-order valence-electron chi connectivity index (χ3n) is 5.69. The summed E-state index contributed by atoms with van der Waals surface area (Å²) in [6, 6.07) is 13.0. The average molecular weight is 412 g/mol. The molecular formula is C23H22ClNO4. The highest BCUT2D eigenvalue weighted by Crippen LogP contribution is 2.46. The Morgan fingerprint density at radius 3 is 2.48 bits per heavy atom. The first-order chi connectivity index (χ1) is 14.0. The van der Waals surface area contributed by atoms with Crippen LogP contribution in [0.25, 0.3) is 0 Å². The molecule has 0 spiro atoms. The highest BCUT2D eigenvalue weighted by Gasteiger charge is 2.39. The van der Waals surface area contributed by atoms with E-state index in [2.05, 4.69) is 5.32 Å². The molecule has 4 rings (SSSR count). The highest BCUT2D eigenvalue weighted by molar-refractivity contribution is 6.31. The Labute approximate surface area is 174 Å². The molecule has 0 unspecified atom stereocenters. The predicted molar refractivity (Wildman–Crippen MR) is 111 cm³/mol. The number of amides is 1. The molecule has 6 heteroatoms. The lowest BCUT2D eigenvalue weighted by Gasteiger charge is -2.35. The molecule has 0 aromatic heterocycles. The number of ether oxygens (including phenoxy) is 2. The number of Topliss-reactive ketones (excluding diaryl/α,β-unsaturated/α-hetero) is 1. The maximum absolute atomic E-state index is 13.2. The van der Waals surface area contributed by atoms with Gasteiger partial charge in [-0.15, -0.1) is 0 Å². The Morgan fingerprint density at radius 1 is 0.966 bits per heavy atom. The first-order valence-electron chi connectivity index (χ1n) is 9.54. The quantitative estimate of drug-likeness (QED) is 0.811. The van der Waals surface area contributed by atoms with Crippen molar-refractivity contribution in [2.24, 2.45) is 0 Å². The summed E-state index contributed by atoms with van der Waals surface area (Å²) in [5.41, 5.74) is 3.08. The van der Waals surface area contributed by atoms with E-state index in [0.717, 1.165) is 11.1 Å². The molecule has 1 aliphatic heterocycles. The summed E-state index contributed by atoms with van der Waals surface area (Å²) in [7, 11) is 3.17. The van der Waals surface area contributed by atoms with Gasteiger partial charge in [-0.1, -0.05) is 29.8 Å². The van der Waals surface area contributed by atoms with E-state index >= 15 is 0 Å². The van der Waals surface area contributed by atoms with E-state index in [4.69, 9.17) is 21.1 Å². The second kappa shape index (κ2) is 7.91. The lowest BCUT2D eigenvalue weighted by molar-refractivity contribution is -0.122. The van der Waals surface area contributed by atoms with Gasteiger partial charge in [-0.3, -0.25) is 9.59 Å². The molecule has 2 aromatic rings. The summed E-state index contributed by atoms with van der Waals surface area (Å²) in [4.78, 5) is 25.8. The Kier molecular flexibility index (Phi) is 5.33. The van der Waals surface area contributed by atoms with E-state index in [1.165, 1.54) is 0 Å². The van der Waals surface area contributed by atoms with Crippen LogP contribution >= 0.6 is 11.6 Å². The van der Waals surface area contributed by atoms with Crippen molar-refractivity contribution in [3.05, 3.63) is 69.9 Å².